The zero-order chi connectivity index (χ0) is 10.1. The van der Waals surface area contributed by atoms with E-state index in [1.165, 1.54) is 22.8 Å². The summed E-state index contributed by atoms with van der Waals surface area (Å²) in [5.41, 5.74) is 3.78. The number of anilines is 2. The van der Waals surface area contributed by atoms with Gasteiger partial charge in [0, 0.05) is 7.05 Å². The molecule has 14 heavy (non-hydrogen) atoms. The summed E-state index contributed by atoms with van der Waals surface area (Å²) in [4.78, 5) is 2.20. The van der Waals surface area contributed by atoms with Gasteiger partial charge in [-0.05, 0) is 37.1 Å². The molecule has 0 saturated heterocycles. The summed E-state index contributed by atoms with van der Waals surface area (Å²) in [5, 5.41) is 3.40. The Hall–Kier alpha value is -1.44. The average Bonchev–Trinajstić information content (AvgIpc) is 2.46. The van der Waals surface area contributed by atoms with Crippen molar-refractivity contribution < 1.29 is 0 Å². The zero-order valence-electron chi connectivity index (χ0n) is 8.96. The molecule has 2 heteroatoms. The Bertz CT molecular complexity index is 380. The Labute approximate surface area is 85.2 Å². The molecular formula is C12H16N2. The van der Waals surface area contributed by atoms with Crippen molar-refractivity contribution in [2.24, 2.45) is 0 Å². The van der Waals surface area contributed by atoms with Gasteiger partial charge < -0.3 is 10.2 Å². The predicted molar refractivity (Wildman–Crippen MR) is 61.6 cm³/mol. The van der Waals surface area contributed by atoms with Gasteiger partial charge in [-0.15, -0.1) is 0 Å². The van der Waals surface area contributed by atoms with E-state index in [9.17, 15) is 0 Å². The minimum Gasteiger partial charge on any atom is -0.340 e. The largest absolute Gasteiger partial charge is 0.340 e. The maximum atomic E-state index is 3.40. The number of aryl methyl sites for hydroxylation is 1. The molecule has 0 atom stereocenters. The van der Waals surface area contributed by atoms with E-state index in [2.05, 4.69) is 55.4 Å². The Morgan fingerprint density at radius 1 is 1.43 bits per heavy atom. The van der Waals surface area contributed by atoms with Crippen LogP contribution in [-0.4, -0.2) is 7.05 Å². The predicted octanol–water partition coefficient (Wildman–Crippen LogP) is 3.11. The lowest BCUT2D eigenvalue weighted by molar-refractivity contribution is 1.10. The van der Waals surface area contributed by atoms with Gasteiger partial charge in [-0.25, -0.2) is 0 Å². The van der Waals surface area contributed by atoms with Crippen LogP contribution in [0, 0.1) is 6.92 Å². The molecule has 0 bridgehead atoms. The molecule has 2 rings (SSSR count). The van der Waals surface area contributed by atoms with E-state index in [4.69, 9.17) is 0 Å². The number of nitrogens with one attached hydrogen (secondary N) is 1. The first-order valence-electron chi connectivity index (χ1n) is 5.04. The SMILES string of the molecule is CC/C=C1/Nc2ccc(C)cc2N1C. The standard InChI is InChI=1S/C12H16N2/c1-4-5-12-13-10-7-6-9(2)8-11(10)14(12)3/h5-8,13H,4H2,1-3H3/b12-5-. The molecule has 74 valence electrons. The lowest BCUT2D eigenvalue weighted by atomic mass is 10.2. The quantitative estimate of drug-likeness (QED) is 0.728. The fourth-order valence-electron chi connectivity index (χ4n) is 1.76. The van der Waals surface area contributed by atoms with Crippen LogP contribution in [-0.2, 0) is 0 Å². The number of hydrogen-bond donors (Lipinski definition) is 1. The van der Waals surface area contributed by atoms with Crippen molar-refractivity contribution >= 4 is 11.4 Å². The van der Waals surface area contributed by atoms with Crippen LogP contribution in [0.5, 0.6) is 0 Å². The van der Waals surface area contributed by atoms with Crippen molar-refractivity contribution in [3.63, 3.8) is 0 Å². The molecule has 0 aliphatic carbocycles. The van der Waals surface area contributed by atoms with E-state index in [0.717, 1.165) is 6.42 Å². The van der Waals surface area contributed by atoms with Gasteiger partial charge in [-0.3, -0.25) is 0 Å². The molecule has 1 aromatic carbocycles. The maximum Gasteiger partial charge on any atom is 0.106 e. The lowest BCUT2D eigenvalue weighted by Gasteiger charge is -2.13. The van der Waals surface area contributed by atoms with Gasteiger partial charge in [0.15, 0.2) is 0 Å². The molecule has 0 unspecified atom stereocenters. The van der Waals surface area contributed by atoms with E-state index < -0.39 is 0 Å². The highest BCUT2D eigenvalue weighted by Crippen LogP contribution is 2.35. The van der Waals surface area contributed by atoms with Gasteiger partial charge >= 0.3 is 0 Å². The number of nitrogens with zero attached hydrogens (tertiary/aromatic N) is 1. The van der Waals surface area contributed by atoms with E-state index in [-0.39, 0.29) is 0 Å². The summed E-state index contributed by atoms with van der Waals surface area (Å²) in [6.45, 7) is 4.27. The van der Waals surface area contributed by atoms with E-state index >= 15 is 0 Å². The van der Waals surface area contributed by atoms with Crippen LogP contribution in [0.4, 0.5) is 11.4 Å². The fourth-order valence-corrected chi connectivity index (χ4v) is 1.76. The van der Waals surface area contributed by atoms with Crippen molar-refractivity contribution in [2.45, 2.75) is 20.3 Å². The molecule has 0 radical (unpaired) electrons. The smallest absolute Gasteiger partial charge is 0.106 e. The summed E-state index contributed by atoms with van der Waals surface area (Å²) in [7, 11) is 2.10. The minimum atomic E-state index is 1.06. The van der Waals surface area contributed by atoms with Crippen LogP contribution in [0.3, 0.4) is 0 Å². The third-order valence-electron chi connectivity index (χ3n) is 2.54. The first-order chi connectivity index (χ1) is 6.72. The van der Waals surface area contributed by atoms with Crippen LogP contribution >= 0.6 is 0 Å². The number of rotatable bonds is 1. The number of hydrogen-bond acceptors (Lipinski definition) is 2. The fraction of sp³-hybridized carbons (Fsp3) is 0.333. The monoisotopic (exact) mass is 188 g/mol. The second-order valence-electron chi connectivity index (χ2n) is 3.70. The second kappa shape index (κ2) is 3.37. The number of allylic oxidation sites excluding steroid dienone is 1. The lowest BCUT2D eigenvalue weighted by Crippen LogP contribution is -2.13. The zero-order valence-corrected chi connectivity index (χ0v) is 8.96. The molecule has 0 saturated carbocycles. The molecule has 0 spiro atoms. The van der Waals surface area contributed by atoms with Crippen LogP contribution in [0.15, 0.2) is 30.1 Å². The minimum absolute atomic E-state index is 1.06. The summed E-state index contributed by atoms with van der Waals surface area (Å²) in [5.74, 6) is 1.19. The second-order valence-corrected chi connectivity index (χ2v) is 3.70. The molecule has 0 amide bonds. The van der Waals surface area contributed by atoms with Crippen LogP contribution in [0.2, 0.25) is 0 Å². The first kappa shape index (κ1) is 9.13. The highest BCUT2D eigenvalue weighted by Gasteiger charge is 2.19. The van der Waals surface area contributed by atoms with Crippen molar-refractivity contribution in [2.75, 3.05) is 17.3 Å². The summed E-state index contributed by atoms with van der Waals surface area (Å²) in [6.07, 6.45) is 3.26. The highest BCUT2D eigenvalue weighted by molar-refractivity contribution is 5.80. The van der Waals surface area contributed by atoms with Crippen molar-refractivity contribution in [3.05, 3.63) is 35.7 Å². The average molecular weight is 188 g/mol. The number of benzene rings is 1. The van der Waals surface area contributed by atoms with Gasteiger partial charge in [0.25, 0.3) is 0 Å². The van der Waals surface area contributed by atoms with Gasteiger partial charge in [-0.1, -0.05) is 13.0 Å². The third kappa shape index (κ3) is 1.37. The van der Waals surface area contributed by atoms with Gasteiger partial charge in [0.1, 0.15) is 5.82 Å². The first-order valence-corrected chi connectivity index (χ1v) is 5.04. The van der Waals surface area contributed by atoms with Crippen LogP contribution in [0.25, 0.3) is 0 Å². The molecule has 0 fully saturated rings. The summed E-state index contributed by atoms with van der Waals surface area (Å²) in [6, 6.07) is 6.48. The van der Waals surface area contributed by atoms with Gasteiger partial charge in [0.2, 0.25) is 0 Å². The Morgan fingerprint density at radius 2 is 2.21 bits per heavy atom. The molecular weight excluding hydrogens is 172 g/mol. The molecule has 1 aliphatic rings. The Morgan fingerprint density at radius 3 is 2.93 bits per heavy atom. The topological polar surface area (TPSA) is 15.3 Å². The molecule has 2 nitrogen and oxygen atoms in total. The van der Waals surface area contributed by atoms with Crippen molar-refractivity contribution in [3.8, 4) is 0 Å². The summed E-state index contributed by atoms with van der Waals surface area (Å²) < 4.78 is 0. The normalized spacial score (nSPS) is 17.1. The van der Waals surface area contributed by atoms with Gasteiger partial charge in [0.05, 0.1) is 11.4 Å². The molecule has 0 aromatic heterocycles. The van der Waals surface area contributed by atoms with E-state index in [1.807, 2.05) is 0 Å². The molecule has 1 aliphatic heterocycles. The van der Waals surface area contributed by atoms with E-state index in [0.29, 0.717) is 0 Å². The Kier molecular flexibility index (Phi) is 2.20. The molecule has 1 N–H and O–H groups in total. The van der Waals surface area contributed by atoms with E-state index in [1.54, 1.807) is 0 Å². The molecule has 1 aromatic rings. The molecule has 1 heterocycles. The van der Waals surface area contributed by atoms with Crippen molar-refractivity contribution in [1.29, 1.82) is 0 Å². The Balaban J connectivity index is 2.41. The third-order valence-corrected chi connectivity index (χ3v) is 2.54. The summed E-state index contributed by atoms with van der Waals surface area (Å²) >= 11 is 0. The van der Waals surface area contributed by atoms with Crippen LogP contribution < -0.4 is 10.2 Å². The van der Waals surface area contributed by atoms with Crippen molar-refractivity contribution in [1.82, 2.24) is 0 Å². The number of fused-ring (bicyclic) bond motifs is 1. The van der Waals surface area contributed by atoms with Gasteiger partial charge in [-0.2, -0.15) is 0 Å². The highest BCUT2D eigenvalue weighted by atomic mass is 15.3. The maximum absolute atomic E-state index is 3.40. The van der Waals surface area contributed by atoms with Crippen LogP contribution in [0.1, 0.15) is 18.9 Å².